The topological polar surface area (TPSA) is 84.5 Å². The standard InChI is InChI=1S/C16H22N4O3/c1-20(11-16(12-21)4-7-22-8-5-16)10-14-18-19-15(23-14)13-3-2-6-17-9-13/h2-3,6,9,21H,4-5,7-8,10-12H2,1H3. The minimum atomic E-state index is -0.0980. The van der Waals surface area contributed by atoms with Crippen molar-refractivity contribution in [1.82, 2.24) is 20.1 Å². The number of rotatable bonds is 6. The van der Waals surface area contributed by atoms with Gasteiger partial charge in [-0.25, -0.2) is 0 Å². The molecule has 0 unspecified atom stereocenters. The molecular weight excluding hydrogens is 296 g/mol. The second-order valence-electron chi connectivity index (χ2n) is 6.19. The molecule has 1 fully saturated rings. The lowest BCUT2D eigenvalue weighted by atomic mass is 9.80. The highest BCUT2D eigenvalue weighted by Gasteiger charge is 2.33. The van der Waals surface area contributed by atoms with E-state index in [0.717, 1.165) is 24.9 Å². The molecule has 1 N–H and O–H groups in total. The van der Waals surface area contributed by atoms with Crippen molar-refractivity contribution in [2.45, 2.75) is 19.4 Å². The molecule has 0 atom stereocenters. The number of ether oxygens (including phenoxy) is 1. The van der Waals surface area contributed by atoms with E-state index in [1.54, 1.807) is 12.4 Å². The number of hydrogen-bond acceptors (Lipinski definition) is 7. The van der Waals surface area contributed by atoms with Gasteiger partial charge < -0.3 is 14.3 Å². The number of nitrogens with zero attached hydrogens (tertiary/aromatic N) is 4. The van der Waals surface area contributed by atoms with Gasteiger partial charge in [-0.15, -0.1) is 10.2 Å². The van der Waals surface area contributed by atoms with E-state index >= 15 is 0 Å². The Morgan fingerprint density at radius 2 is 2.13 bits per heavy atom. The van der Waals surface area contributed by atoms with Crippen molar-refractivity contribution in [2.24, 2.45) is 5.41 Å². The molecule has 23 heavy (non-hydrogen) atoms. The maximum Gasteiger partial charge on any atom is 0.249 e. The molecule has 0 saturated carbocycles. The number of pyridine rings is 1. The molecule has 3 heterocycles. The van der Waals surface area contributed by atoms with Crippen molar-refractivity contribution in [2.75, 3.05) is 33.4 Å². The number of aliphatic hydroxyl groups excluding tert-OH is 1. The molecule has 1 aliphatic rings. The highest BCUT2D eigenvalue weighted by molar-refractivity contribution is 5.49. The van der Waals surface area contributed by atoms with Gasteiger partial charge in [-0.2, -0.15) is 0 Å². The van der Waals surface area contributed by atoms with Crippen LogP contribution in [-0.2, 0) is 11.3 Å². The van der Waals surface area contributed by atoms with Gasteiger partial charge >= 0.3 is 0 Å². The molecule has 1 saturated heterocycles. The summed E-state index contributed by atoms with van der Waals surface area (Å²) in [6.07, 6.45) is 5.15. The average Bonchev–Trinajstić information content (AvgIpc) is 3.05. The van der Waals surface area contributed by atoms with E-state index in [9.17, 15) is 5.11 Å². The van der Waals surface area contributed by atoms with Gasteiger partial charge in [0.15, 0.2) is 0 Å². The lowest BCUT2D eigenvalue weighted by Crippen LogP contribution is -2.42. The molecule has 0 radical (unpaired) electrons. The van der Waals surface area contributed by atoms with Crippen LogP contribution in [0.5, 0.6) is 0 Å². The van der Waals surface area contributed by atoms with Crippen molar-refractivity contribution < 1.29 is 14.3 Å². The summed E-state index contributed by atoms with van der Waals surface area (Å²) in [5, 5.41) is 17.9. The Morgan fingerprint density at radius 1 is 1.30 bits per heavy atom. The van der Waals surface area contributed by atoms with Crippen LogP contribution in [0.15, 0.2) is 28.9 Å². The quantitative estimate of drug-likeness (QED) is 0.860. The maximum atomic E-state index is 9.77. The Balaban J connectivity index is 1.62. The van der Waals surface area contributed by atoms with Gasteiger partial charge in [0, 0.05) is 37.6 Å². The first-order valence-electron chi connectivity index (χ1n) is 7.81. The summed E-state index contributed by atoms with van der Waals surface area (Å²) in [5.74, 6) is 1.04. The number of hydrogen-bond donors (Lipinski definition) is 1. The Morgan fingerprint density at radius 3 is 2.83 bits per heavy atom. The first-order valence-corrected chi connectivity index (χ1v) is 7.81. The number of aromatic nitrogens is 3. The van der Waals surface area contributed by atoms with Crippen LogP contribution in [0.3, 0.4) is 0 Å². The van der Waals surface area contributed by atoms with Gasteiger partial charge in [0.05, 0.1) is 18.7 Å². The first kappa shape index (κ1) is 16.0. The van der Waals surface area contributed by atoms with Crippen molar-refractivity contribution in [3.05, 3.63) is 30.4 Å². The Bertz CT molecular complexity index is 611. The van der Waals surface area contributed by atoms with Gasteiger partial charge in [0.1, 0.15) is 0 Å². The minimum absolute atomic E-state index is 0.0980. The van der Waals surface area contributed by atoms with Gasteiger partial charge in [-0.05, 0) is 32.0 Å². The summed E-state index contributed by atoms with van der Waals surface area (Å²) in [6.45, 7) is 2.92. The van der Waals surface area contributed by atoms with Crippen molar-refractivity contribution >= 4 is 0 Å². The Kier molecular flexibility index (Phi) is 5.00. The van der Waals surface area contributed by atoms with E-state index in [2.05, 4.69) is 20.1 Å². The lowest BCUT2D eigenvalue weighted by molar-refractivity contribution is -0.0326. The van der Waals surface area contributed by atoms with Gasteiger partial charge in [0.25, 0.3) is 0 Å². The maximum absolute atomic E-state index is 9.77. The molecule has 0 bridgehead atoms. The molecule has 2 aromatic heterocycles. The average molecular weight is 318 g/mol. The predicted molar refractivity (Wildman–Crippen MR) is 83.4 cm³/mol. The summed E-state index contributed by atoms with van der Waals surface area (Å²) >= 11 is 0. The summed E-state index contributed by atoms with van der Waals surface area (Å²) < 4.78 is 11.1. The second-order valence-corrected chi connectivity index (χ2v) is 6.19. The third-order valence-corrected chi connectivity index (χ3v) is 4.27. The summed E-state index contributed by atoms with van der Waals surface area (Å²) in [7, 11) is 2.00. The fourth-order valence-electron chi connectivity index (χ4n) is 2.95. The largest absolute Gasteiger partial charge is 0.419 e. The van der Waals surface area contributed by atoms with Crippen LogP contribution in [0.1, 0.15) is 18.7 Å². The zero-order chi connectivity index (χ0) is 16.1. The molecule has 0 aromatic carbocycles. The monoisotopic (exact) mass is 318 g/mol. The zero-order valence-electron chi connectivity index (χ0n) is 13.3. The molecule has 3 rings (SSSR count). The van der Waals surface area contributed by atoms with Crippen molar-refractivity contribution in [3.63, 3.8) is 0 Å². The third kappa shape index (κ3) is 3.93. The van der Waals surface area contributed by atoms with E-state index in [1.807, 2.05) is 19.2 Å². The third-order valence-electron chi connectivity index (χ3n) is 4.27. The normalized spacial score (nSPS) is 17.5. The molecule has 7 heteroatoms. The molecule has 2 aromatic rings. The van der Waals surface area contributed by atoms with Crippen LogP contribution in [0.4, 0.5) is 0 Å². The molecule has 124 valence electrons. The van der Waals surface area contributed by atoms with Gasteiger partial charge in [-0.3, -0.25) is 9.88 Å². The highest BCUT2D eigenvalue weighted by atomic mass is 16.5. The van der Waals surface area contributed by atoms with E-state index in [1.165, 1.54) is 0 Å². The Labute approximate surface area is 135 Å². The van der Waals surface area contributed by atoms with E-state index in [4.69, 9.17) is 9.15 Å². The molecule has 1 aliphatic heterocycles. The van der Waals surface area contributed by atoms with Crippen LogP contribution in [0.25, 0.3) is 11.5 Å². The van der Waals surface area contributed by atoms with E-state index in [0.29, 0.717) is 31.5 Å². The fraction of sp³-hybridized carbons (Fsp3) is 0.562. The molecule has 7 nitrogen and oxygen atoms in total. The number of aliphatic hydroxyl groups is 1. The van der Waals surface area contributed by atoms with Crippen LogP contribution < -0.4 is 0 Å². The summed E-state index contributed by atoms with van der Waals surface area (Å²) in [4.78, 5) is 6.16. The van der Waals surface area contributed by atoms with Gasteiger partial charge in [0.2, 0.25) is 11.8 Å². The highest BCUT2D eigenvalue weighted by Crippen LogP contribution is 2.31. The van der Waals surface area contributed by atoms with Crippen LogP contribution in [-0.4, -0.2) is 58.6 Å². The molecular formula is C16H22N4O3. The minimum Gasteiger partial charge on any atom is -0.419 e. The molecule has 0 spiro atoms. The SMILES string of the molecule is CN(Cc1nnc(-c2cccnc2)o1)CC1(CO)CCOCC1. The fourth-order valence-corrected chi connectivity index (χ4v) is 2.95. The zero-order valence-corrected chi connectivity index (χ0v) is 13.3. The van der Waals surface area contributed by atoms with Crippen molar-refractivity contribution in [1.29, 1.82) is 0 Å². The Hall–Kier alpha value is -1.83. The smallest absolute Gasteiger partial charge is 0.249 e. The van der Waals surface area contributed by atoms with E-state index in [-0.39, 0.29) is 12.0 Å². The summed E-state index contributed by atoms with van der Waals surface area (Å²) in [6, 6.07) is 3.72. The van der Waals surface area contributed by atoms with Crippen LogP contribution in [0, 0.1) is 5.41 Å². The van der Waals surface area contributed by atoms with Crippen LogP contribution in [0.2, 0.25) is 0 Å². The first-order chi connectivity index (χ1) is 11.2. The van der Waals surface area contributed by atoms with Crippen molar-refractivity contribution in [3.8, 4) is 11.5 Å². The summed E-state index contributed by atoms with van der Waals surface area (Å²) in [5.41, 5.74) is 0.712. The van der Waals surface area contributed by atoms with E-state index < -0.39 is 0 Å². The molecule has 0 aliphatic carbocycles. The van der Waals surface area contributed by atoms with Gasteiger partial charge in [-0.1, -0.05) is 0 Å². The second kappa shape index (κ2) is 7.16. The predicted octanol–water partition coefficient (Wildman–Crippen LogP) is 1.35. The molecule has 0 amide bonds. The lowest BCUT2D eigenvalue weighted by Gasteiger charge is -2.38. The van der Waals surface area contributed by atoms with Crippen LogP contribution >= 0.6 is 0 Å².